The van der Waals surface area contributed by atoms with Crippen molar-refractivity contribution in [3.8, 4) is 11.5 Å². The van der Waals surface area contributed by atoms with Gasteiger partial charge < -0.3 is 14.8 Å². The van der Waals surface area contributed by atoms with Gasteiger partial charge in [-0.05, 0) is 48.2 Å². The van der Waals surface area contributed by atoms with E-state index >= 15 is 0 Å². The number of nitrogens with one attached hydrogen (secondary N) is 1. The van der Waals surface area contributed by atoms with Crippen LogP contribution in [0.2, 0.25) is 0 Å². The molecule has 0 fully saturated rings. The Morgan fingerprint density at radius 1 is 1.09 bits per heavy atom. The van der Waals surface area contributed by atoms with Crippen molar-refractivity contribution < 1.29 is 14.3 Å². The Labute approximate surface area is 137 Å². The minimum atomic E-state index is -0.139. The second kappa shape index (κ2) is 7.18. The monoisotopic (exact) mass is 313 g/mol. The molecule has 0 saturated heterocycles. The van der Waals surface area contributed by atoms with Crippen molar-refractivity contribution in [3.63, 3.8) is 0 Å². The second-order valence-corrected chi connectivity index (χ2v) is 5.75. The number of aryl methyl sites for hydroxylation is 1. The van der Waals surface area contributed by atoms with E-state index < -0.39 is 0 Å². The van der Waals surface area contributed by atoms with E-state index in [2.05, 4.69) is 19.2 Å². The van der Waals surface area contributed by atoms with Gasteiger partial charge in [0.1, 0.15) is 11.5 Å². The van der Waals surface area contributed by atoms with Crippen molar-refractivity contribution >= 4 is 11.6 Å². The van der Waals surface area contributed by atoms with Crippen LogP contribution in [0.15, 0.2) is 36.4 Å². The highest BCUT2D eigenvalue weighted by Gasteiger charge is 2.16. The number of benzene rings is 2. The van der Waals surface area contributed by atoms with Crippen LogP contribution in [0.5, 0.6) is 11.5 Å². The van der Waals surface area contributed by atoms with Gasteiger partial charge >= 0.3 is 0 Å². The summed E-state index contributed by atoms with van der Waals surface area (Å²) in [5.74, 6) is 1.65. The summed E-state index contributed by atoms with van der Waals surface area (Å²) in [5.41, 5.74) is 3.26. The van der Waals surface area contributed by atoms with Gasteiger partial charge in [0, 0.05) is 17.3 Å². The zero-order valence-corrected chi connectivity index (χ0v) is 14.3. The molecular formula is C19H23NO3. The summed E-state index contributed by atoms with van der Waals surface area (Å²) in [6.45, 7) is 6.07. The Morgan fingerprint density at radius 3 is 2.43 bits per heavy atom. The van der Waals surface area contributed by atoms with Crippen molar-refractivity contribution in [2.75, 3.05) is 19.5 Å². The van der Waals surface area contributed by atoms with Crippen molar-refractivity contribution in [1.29, 1.82) is 0 Å². The van der Waals surface area contributed by atoms with Crippen molar-refractivity contribution in [2.45, 2.75) is 26.7 Å². The Morgan fingerprint density at radius 2 is 1.83 bits per heavy atom. The lowest BCUT2D eigenvalue weighted by Gasteiger charge is -2.16. The largest absolute Gasteiger partial charge is 0.497 e. The van der Waals surface area contributed by atoms with Gasteiger partial charge in [-0.25, -0.2) is 0 Å². The summed E-state index contributed by atoms with van der Waals surface area (Å²) in [4.78, 5) is 12.6. The molecule has 0 saturated carbocycles. The number of amides is 1. The molecule has 1 amide bonds. The van der Waals surface area contributed by atoms with E-state index in [0.29, 0.717) is 17.0 Å². The second-order valence-electron chi connectivity index (χ2n) is 5.75. The zero-order chi connectivity index (χ0) is 17.0. The summed E-state index contributed by atoms with van der Waals surface area (Å²) >= 11 is 0. The zero-order valence-electron chi connectivity index (χ0n) is 14.3. The lowest BCUT2D eigenvalue weighted by atomic mass is 9.96. The van der Waals surface area contributed by atoms with Crippen LogP contribution in [0.1, 0.15) is 41.3 Å². The van der Waals surface area contributed by atoms with Gasteiger partial charge in [-0.1, -0.05) is 19.9 Å². The maximum absolute atomic E-state index is 12.6. The molecule has 0 aromatic heterocycles. The SMILES string of the molecule is COc1cccc(NC(=O)c2cc(C(C)C)c(OC)cc2C)c1. The quantitative estimate of drug-likeness (QED) is 0.890. The lowest BCUT2D eigenvalue weighted by molar-refractivity contribution is 0.102. The maximum atomic E-state index is 12.6. The molecule has 4 heteroatoms. The molecule has 2 aromatic carbocycles. The van der Waals surface area contributed by atoms with E-state index in [1.54, 1.807) is 20.3 Å². The molecule has 0 aliphatic heterocycles. The summed E-state index contributed by atoms with van der Waals surface area (Å²) in [5, 5.41) is 2.92. The summed E-state index contributed by atoms with van der Waals surface area (Å²) in [7, 11) is 3.25. The number of hydrogen-bond acceptors (Lipinski definition) is 3. The number of hydrogen-bond donors (Lipinski definition) is 1. The van der Waals surface area contributed by atoms with Crippen LogP contribution in [0.3, 0.4) is 0 Å². The van der Waals surface area contributed by atoms with Gasteiger partial charge in [0.15, 0.2) is 0 Å². The third-order valence-electron chi connectivity index (χ3n) is 3.77. The fourth-order valence-electron chi connectivity index (χ4n) is 2.47. The molecule has 0 atom stereocenters. The minimum Gasteiger partial charge on any atom is -0.497 e. The minimum absolute atomic E-state index is 0.139. The molecule has 2 aromatic rings. The van der Waals surface area contributed by atoms with Crippen molar-refractivity contribution in [3.05, 3.63) is 53.1 Å². The Balaban J connectivity index is 2.33. The van der Waals surface area contributed by atoms with Crippen LogP contribution in [-0.4, -0.2) is 20.1 Å². The van der Waals surface area contributed by atoms with Crippen molar-refractivity contribution in [1.82, 2.24) is 0 Å². The molecule has 0 bridgehead atoms. The molecule has 122 valence electrons. The number of ether oxygens (including phenoxy) is 2. The first-order valence-corrected chi connectivity index (χ1v) is 7.60. The van der Waals surface area contributed by atoms with E-state index in [0.717, 1.165) is 16.9 Å². The fourth-order valence-corrected chi connectivity index (χ4v) is 2.47. The molecule has 0 unspecified atom stereocenters. The summed E-state index contributed by atoms with van der Waals surface area (Å²) < 4.78 is 10.6. The maximum Gasteiger partial charge on any atom is 0.255 e. The van der Waals surface area contributed by atoms with Crippen LogP contribution < -0.4 is 14.8 Å². The van der Waals surface area contributed by atoms with E-state index in [-0.39, 0.29) is 11.8 Å². The van der Waals surface area contributed by atoms with Gasteiger partial charge in [-0.15, -0.1) is 0 Å². The van der Waals surface area contributed by atoms with Gasteiger partial charge in [0.05, 0.1) is 14.2 Å². The number of carbonyl (C=O) groups excluding carboxylic acids is 1. The molecule has 4 nitrogen and oxygen atoms in total. The first-order chi connectivity index (χ1) is 11.0. The Kier molecular flexibility index (Phi) is 5.27. The highest BCUT2D eigenvalue weighted by atomic mass is 16.5. The smallest absolute Gasteiger partial charge is 0.255 e. The van der Waals surface area contributed by atoms with Crippen LogP contribution >= 0.6 is 0 Å². The number of anilines is 1. The number of rotatable bonds is 5. The van der Waals surface area contributed by atoms with Gasteiger partial charge in [-0.3, -0.25) is 4.79 Å². The predicted octanol–water partition coefficient (Wildman–Crippen LogP) is 4.39. The van der Waals surface area contributed by atoms with Crippen LogP contribution in [-0.2, 0) is 0 Å². The molecule has 0 radical (unpaired) electrons. The third kappa shape index (κ3) is 3.83. The van der Waals surface area contributed by atoms with Gasteiger partial charge in [-0.2, -0.15) is 0 Å². The van der Waals surface area contributed by atoms with Gasteiger partial charge in [0.2, 0.25) is 0 Å². The van der Waals surface area contributed by atoms with E-state index in [4.69, 9.17) is 9.47 Å². The number of carbonyl (C=O) groups is 1. The van der Waals surface area contributed by atoms with Gasteiger partial charge in [0.25, 0.3) is 5.91 Å². The molecule has 2 rings (SSSR count). The molecule has 0 aliphatic carbocycles. The average molecular weight is 313 g/mol. The summed E-state index contributed by atoms with van der Waals surface area (Å²) in [6.07, 6.45) is 0. The fraction of sp³-hybridized carbons (Fsp3) is 0.316. The molecule has 0 heterocycles. The molecule has 0 aliphatic rings. The molecule has 0 spiro atoms. The molecule has 1 N–H and O–H groups in total. The first-order valence-electron chi connectivity index (χ1n) is 7.60. The van der Waals surface area contributed by atoms with E-state index in [1.165, 1.54) is 0 Å². The predicted molar refractivity (Wildman–Crippen MR) is 92.8 cm³/mol. The van der Waals surface area contributed by atoms with E-state index in [1.807, 2.05) is 37.3 Å². The highest BCUT2D eigenvalue weighted by molar-refractivity contribution is 6.05. The van der Waals surface area contributed by atoms with E-state index in [9.17, 15) is 4.79 Å². The van der Waals surface area contributed by atoms with Crippen LogP contribution in [0, 0.1) is 6.92 Å². The molecular weight excluding hydrogens is 290 g/mol. The Bertz CT molecular complexity index is 708. The standard InChI is InChI=1S/C19H23NO3/c1-12(2)16-11-17(13(3)9-18(16)23-5)19(21)20-14-7-6-8-15(10-14)22-4/h6-12H,1-5H3,(H,20,21). The highest BCUT2D eigenvalue weighted by Crippen LogP contribution is 2.30. The normalized spacial score (nSPS) is 10.5. The lowest BCUT2D eigenvalue weighted by Crippen LogP contribution is -2.14. The summed E-state index contributed by atoms with van der Waals surface area (Å²) in [6, 6.07) is 11.1. The van der Waals surface area contributed by atoms with Crippen LogP contribution in [0.4, 0.5) is 5.69 Å². The Hall–Kier alpha value is -2.49. The van der Waals surface area contributed by atoms with Crippen LogP contribution in [0.25, 0.3) is 0 Å². The topological polar surface area (TPSA) is 47.6 Å². The van der Waals surface area contributed by atoms with Crippen molar-refractivity contribution in [2.24, 2.45) is 0 Å². The first kappa shape index (κ1) is 16.9. The number of methoxy groups -OCH3 is 2. The molecule has 23 heavy (non-hydrogen) atoms. The average Bonchev–Trinajstić information content (AvgIpc) is 2.54. The third-order valence-corrected chi connectivity index (χ3v) is 3.77.